The number of carboxylic acid groups (broad SMARTS) is 1. The molecule has 3 nitrogen and oxygen atoms in total. The molecule has 2 aromatic carbocycles. The lowest BCUT2D eigenvalue weighted by atomic mass is 9.63. The number of benzene rings is 2. The minimum atomic E-state index is -0.954. The smallest absolute Gasteiger partial charge is 0.328 e. The molecule has 0 aromatic heterocycles. The molecule has 0 aliphatic heterocycles. The number of ether oxygens (including phenoxy) is 1. The highest BCUT2D eigenvalue weighted by atomic mass is 16.5. The number of carboxylic acids is 1. The maximum atomic E-state index is 10.6. The molecule has 3 heteroatoms. The molecule has 0 saturated carbocycles. The maximum absolute atomic E-state index is 10.6. The van der Waals surface area contributed by atoms with E-state index in [0.717, 1.165) is 23.1 Å². The summed E-state index contributed by atoms with van der Waals surface area (Å²) in [6, 6.07) is 13.8. The van der Waals surface area contributed by atoms with E-state index >= 15 is 0 Å². The SMILES string of the molecule is CC1(C)CCC(C)(C)c2cc(Oc3ccc(/C=C/C(=O)O)cc3)ccc21. The van der Waals surface area contributed by atoms with Gasteiger partial charge in [-0.3, -0.25) is 0 Å². The number of fused-ring (bicyclic) bond motifs is 1. The molecule has 0 unspecified atom stereocenters. The van der Waals surface area contributed by atoms with Crippen molar-refractivity contribution in [2.45, 2.75) is 51.4 Å². The minimum absolute atomic E-state index is 0.149. The van der Waals surface area contributed by atoms with Crippen LogP contribution in [0.5, 0.6) is 11.5 Å². The zero-order valence-electron chi connectivity index (χ0n) is 15.9. The number of carbonyl (C=O) groups is 1. The Kier molecular flexibility index (Phi) is 4.66. The molecule has 136 valence electrons. The second-order valence-electron chi connectivity index (χ2n) is 8.32. The average molecular weight is 350 g/mol. The van der Waals surface area contributed by atoms with E-state index in [1.54, 1.807) is 6.08 Å². The topological polar surface area (TPSA) is 46.5 Å². The molecule has 0 radical (unpaired) electrons. The van der Waals surface area contributed by atoms with E-state index in [0.29, 0.717) is 0 Å². The lowest BCUT2D eigenvalue weighted by Crippen LogP contribution is -2.33. The van der Waals surface area contributed by atoms with Crippen LogP contribution in [0.4, 0.5) is 0 Å². The summed E-state index contributed by atoms with van der Waals surface area (Å²) in [6.07, 6.45) is 5.05. The quantitative estimate of drug-likeness (QED) is 0.696. The summed E-state index contributed by atoms with van der Waals surface area (Å²) in [5, 5.41) is 8.69. The maximum Gasteiger partial charge on any atom is 0.328 e. The Bertz CT molecular complexity index is 842. The summed E-state index contributed by atoms with van der Waals surface area (Å²) in [7, 11) is 0. The summed E-state index contributed by atoms with van der Waals surface area (Å²) in [4.78, 5) is 10.6. The van der Waals surface area contributed by atoms with Crippen LogP contribution in [0.2, 0.25) is 0 Å². The van der Waals surface area contributed by atoms with Gasteiger partial charge in [0.1, 0.15) is 11.5 Å². The summed E-state index contributed by atoms with van der Waals surface area (Å²) >= 11 is 0. The van der Waals surface area contributed by atoms with Crippen LogP contribution >= 0.6 is 0 Å². The van der Waals surface area contributed by atoms with E-state index in [-0.39, 0.29) is 10.8 Å². The first-order chi connectivity index (χ1) is 12.2. The minimum Gasteiger partial charge on any atom is -0.478 e. The predicted molar refractivity (Wildman–Crippen MR) is 105 cm³/mol. The summed E-state index contributed by atoms with van der Waals surface area (Å²) < 4.78 is 6.05. The van der Waals surface area contributed by atoms with Gasteiger partial charge in [0.05, 0.1) is 0 Å². The third-order valence-corrected chi connectivity index (χ3v) is 5.36. The molecule has 1 aliphatic carbocycles. The van der Waals surface area contributed by atoms with Crippen molar-refractivity contribution in [3.05, 3.63) is 65.2 Å². The van der Waals surface area contributed by atoms with Crippen LogP contribution in [0.15, 0.2) is 48.5 Å². The largest absolute Gasteiger partial charge is 0.478 e. The molecule has 1 aliphatic rings. The fourth-order valence-corrected chi connectivity index (χ4v) is 3.58. The van der Waals surface area contributed by atoms with Gasteiger partial charge in [-0.15, -0.1) is 0 Å². The standard InChI is InChI=1S/C23H26O3/c1-22(2)13-14-23(3,4)20-15-18(10-11-19(20)22)26-17-8-5-16(6-9-17)7-12-21(24)25/h5-12,15H,13-14H2,1-4H3,(H,24,25)/b12-7+. The summed E-state index contributed by atoms with van der Waals surface area (Å²) in [5.41, 5.74) is 3.95. The fourth-order valence-electron chi connectivity index (χ4n) is 3.58. The Hall–Kier alpha value is -2.55. The van der Waals surface area contributed by atoms with Crippen molar-refractivity contribution >= 4 is 12.0 Å². The van der Waals surface area contributed by atoms with Gasteiger partial charge in [0.2, 0.25) is 0 Å². The first-order valence-electron chi connectivity index (χ1n) is 9.01. The van der Waals surface area contributed by atoms with Crippen molar-refractivity contribution in [2.75, 3.05) is 0 Å². The third kappa shape index (κ3) is 3.82. The predicted octanol–water partition coefficient (Wildman–Crippen LogP) is 5.93. The zero-order valence-corrected chi connectivity index (χ0v) is 15.9. The van der Waals surface area contributed by atoms with E-state index in [4.69, 9.17) is 9.84 Å². The van der Waals surface area contributed by atoms with E-state index in [1.807, 2.05) is 30.3 Å². The van der Waals surface area contributed by atoms with Gasteiger partial charge in [-0.25, -0.2) is 4.79 Å². The van der Waals surface area contributed by atoms with Crippen LogP contribution in [0.1, 0.15) is 57.2 Å². The van der Waals surface area contributed by atoms with Crippen molar-refractivity contribution in [1.82, 2.24) is 0 Å². The van der Waals surface area contributed by atoms with Gasteiger partial charge in [0.15, 0.2) is 0 Å². The van der Waals surface area contributed by atoms with Crippen molar-refractivity contribution < 1.29 is 14.6 Å². The molecule has 0 amide bonds. The second-order valence-corrected chi connectivity index (χ2v) is 8.32. The van der Waals surface area contributed by atoms with Crippen LogP contribution in [0.25, 0.3) is 6.08 Å². The molecular formula is C23H26O3. The molecule has 26 heavy (non-hydrogen) atoms. The molecule has 0 fully saturated rings. The molecule has 0 saturated heterocycles. The third-order valence-electron chi connectivity index (χ3n) is 5.36. The van der Waals surface area contributed by atoms with Gasteiger partial charge < -0.3 is 9.84 Å². The number of aliphatic carboxylic acids is 1. The molecule has 0 spiro atoms. The highest BCUT2D eigenvalue weighted by Crippen LogP contribution is 2.47. The molecular weight excluding hydrogens is 324 g/mol. The molecule has 3 rings (SSSR count). The lowest BCUT2D eigenvalue weighted by molar-refractivity contribution is -0.131. The first-order valence-corrected chi connectivity index (χ1v) is 9.01. The van der Waals surface area contributed by atoms with E-state index in [9.17, 15) is 4.79 Å². The van der Waals surface area contributed by atoms with Gasteiger partial charge in [0.25, 0.3) is 0 Å². The van der Waals surface area contributed by atoms with Gasteiger partial charge >= 0.3 is 5.97 Å². The molecule has 1 N–H and O–H groups in total. The Morgan fingerprint density at radius 1 is 0.923 bits per heavy atom. The molecule has 0 atom stereocenters. The van der Waals surface area contributed by atoms with Crippen LogP contribution in [0.3, 0.4) is 0 Å². The normalized spacial score (nSPS) is 17.7. The van der Waals surface area contributed by atoms with Gasteiger partial charge in [0, 0.05) is 6.08 Å². The van der Waals surface area contributed by atoms with Gasteiger partial charge in [-0.2, -0.15) is 0 Å². The highest BCUT2D eigenvalue weighted by Gasteiger charge is 2.37. The van der Waals surface area contributed by atoms with Crippen molar-refractivity contribution in [1.29, 1.82) is 0 Å². The van der Waals surface area contributed by atoms with Crippen molar-refractivity contribution in [3.8, 4) is 11.5 Å². The monoisotopic (exact) mass is 350 g/mol. The summed E-state index contributed by atoms with van der Waals surface area (Å²) in [5.74, 6) is 0.624. The zero-order chi connectivity index (χ0) is 18.9. The van der Waals surface area contributed by atoms with Crippen LogP contribution in [-0.2, 0) is 15.6 Å². The second kappa shape index (κ2) is 6.64. The molecule has 2 aromatic rings. The fraction of sp³-hybridized carbons (Fsp3) is 0.348. The lowest BCUT2D eigenvalue weighted by Gasteiger charge is -2.41. The van der Waals surface area contributed by atoms with Crippen molar-refractivity contribution in [3.63, 3.8) is 0 Å². The molecule has 0 bridgehead atoms. The number of rotatable bonds is 4. The Morgan fingerprint density at radius 3 is 2.12 bits per heavy atom. The number of hydrogen-bond donors (Lipinski definition) is 1. The number of hydrogen-bond acceptors (Lipinski definition) is 2. The van der Waals surface area contributed by atoms with E-state index < -0.39 is 5.97 Å². The van der Waals surface area contributed by atoms with E-state index in [1.165, 1.54) is 24.0 Å². The van der Waals surface area contributed by atoms with Crippen LogP contribution in [-0.4, -0.2) is 11.1 Å². The van der Waals surface area contributed by atoms with Crippen LogP contribution < -0.4 is 4.74 Å². The molecule has 0 heterocycles. The van der Waals surface area contributed by atoms with Gasteiger partial charge in [-0.05, 0) is 70.7 Å². The Morgan fingerprint density at radius 2 is 1.50 bits per heavy atom. The highest BCUT2D eigenvalue weighted by molar-refractivity contribution is 5.85. The summed E-state index contributed by atoms with van der Waals surface area (Å²) in [6.45, 7) is 9.22. The first kappa shape index (κ1) is 18.2. The van der Waals surface area contributed by atoms with E-state index in [2.05, 4.69) is 39.8 Å². The van der Waals surface area contributed by atoms with Crippen LogP contribution in [0, 0.1) is 0 Å². The Balaban J connectivity index is 1.84. The Labute approximate surface area is 155 Å². The van der Waals surface area contributed by atoms with Crippen molar-refractivity contribution in [2.24, 2.45) is 0 Å². The van der Waals surface area contributed by atoms with Gasteiger partial charge in [-0.1, -0.05) is 45.9 Å². The average Bonchev–Trinajstić information content (AvgIpc) is 2.58.